The number of rotatable bonds is 3. The number of hydrogen-bond donors (Lipinski definition) is 2. The molecule has 0 amide bonds. The molecule has 88 valence electrons. The Bertz CT molecular complexity index is 357. The van der Waals surface area contributed by atoms with Crippen molar-refractivity contribution in [1.29, 1.82) is 0 Å². The predicted octanol–water partition coefficient (Wildman–Crippen LogP) is 2.82. The van der Waals surface area contributed by atoms with Gasteiger partial charge in [0, 0.05) is 10.5 Å². The zero-order valence-electron chi connectivity index (χ0n) is 9.87. The Hall–Kier alpha value is -1.03. The van der Waals surface area contributed by atoms with Gasteiger partial charge in [-0.2, -0.15) is 0 Å². The SMILES string of the molecule is CC(C)NC(N)=NC(C)c1ccc(Br)cc1. The van der Waals surface area contributed by atoms with Gasteiger partial charge in [-0.15, -0.1) is 0 Å². The highest BCUT2D eigenvalue weighted by molar-refractivity contribution is 9.10. The van der Waals surface area contributed by atoms with Crippen LogP contribution in [0.4, 0.5) is 0 Å². The van der Waals surface area contributed by atoms with Crippen LogP contribution in [0.3, 0.4) is 0 Å². The summed E-state index contributed by atoms with van der Waals surface area (Å²) >= 11 is 3.41. The molecule has 0 heterocycles. The number of nitrogens with zero attached hydrogens (tertiary/aromatic N) is 1. The first-order valence-corrected chi connectivity index (χ1v) is 6.13. The van der Waals surface area contributed by atoms with Gasteiger partial charge < -0.3 is 11.1 Å². The van der Waals surface area contributed by atoms with Gasteiger partial charge in [-0.1, -0.05) is 28.1 Å². The Kier molecular flexibility index (Phi) is 4.80. The van der Waals surface area contributed by atoms with Crippen LogP contribution in [0, 0.1) is 0 Å². The first-order chi connectivity index (χ1) is 7.49. The number of nitrogens with two attached hydrogens (primary N) is 1. The average molecular weight is 284 g/mol. The molecule has 0 saturated heterocycles. The number of benzene rings is 1. The van der Waals surface area contributed by atoms with Crippen LogP contribution in [0.1, 0.15) is 32.4 Å². The van der Waals surface area contributed by atoms with Crippen molar-refractivity contribution >= 4 is 21.9 Å². The lowest BCUT2D eigenvalue weighted by Crippen LogP contribution is -2.36. The van der Waals surface area contributed by atoms with E-state index in [0.717, 1.165) is 10.0 Å². The second kappa shape index (κ2) is 5.89. The summed E-state index contributed by atoms with van der Waals surface area (Å²) in [5, 5.41) is 3.07. The summed E-state index contributed by atoms with van der Waals surface area (Å²) in [7, 11) is 0. The number of guanidine groups is 1. The van der Waals surface area contributed by atoms with Gasteiger partial charge in [0.15, 0.2) is 5.96 Å². The van der Waals surface area contributed by atoms with E-state index in [9.17, 15) is 0 Å². The minimum atomic E-state index is 0.0688. The van der Waals surface area contributed by atoms with Crippen molar-refractivity contribution in [2.45, 2.75) is 32.9 Å². The molecule has 16 heavy (non-hydrogen) atoms. The Balaban J connectivity index is 2.71. The normalized spacial score (nSPS) is 13.9. The van der Waals surface area contributed by atoms with E-state index in [4.69, 9.17) is 5.73 Å². The van der Waals surface area contributed by atoms with Crippen LogP contribution < -0.4 is 11.1 Å². The van der Waals surface area contributed by atoms with Crippen molar-refractivity contribution in [3.8, 4) is 0 Å². The Labute approximate surface area is 105 Å². The van der Waals surface area contributed by atoms with Gasteiger partial charge in [-0.25, -0.2) is 4.99 Å². The zero-order valence-corrected chi connectivity index (χ0v) is 11.5. The molecule has 0 aliphatic rings. The van der Waals surface area contributed by atoms with Crippen LogP contribution in [0.2, 0.25) is 0 Å². The minimum absolute atomic E-state index is 0.0688. The van der Waals surface area contributed by atoms with Crippen LogP contribution in [0.15, 0.2) is 33.7 Å². The predicted molar refractivity (Wildman–Crippen MR) is 72.5 cm³/mol. The standard InChI is InChI=1S/C12H18BrN3/c1-8(2)15-12(14)16-9(3)10-4-6-11(13)7-5-10/h4-9H,1-3H3,(H3,14,15,16). The van der Waals surface area contributed by atoms with E-state index in [1.165, 1.54) is 0 Å². The molecule has 1 rings (SSSR count). The molecule has 1 aromatic rings. The maximum absolute atomic E-state index is 5.77. The first-order valence-electron chi connectivity index (χ1n) is 5.34. The van der Waals surface area contributed by atoms with Gasteiger partial charge >= 0.3 is 0 Å². The summed E-state index contributed by atoms with van der Waals surface area (Å²) in [5.74, 6) is 0.491. The van der Waals surface area contributed by atoms with Gasteiger partial charge in [0.2, 0.25) is 0 Å². The van der Waals surface area contributed by atoms with Gasteiger partial charge in [-0.3, -0.25) is 0 Å². The molecule has 0 aliphatic carbocycles. The highest BCUT2D eigenvalue weighted by Crippen LogP contribution is 2.19. The highest BCUT2D eigenvalue weighted by Gasteiger charge is 2.04. The molecule has 0 aliphatic heterocycles. The van der Waals surface area contributed by atoms with Crippen molar-refractivity contribution in [3.63, 3.8) is 0 Å². The molecule has 1 aromatic carbocycles. The molecule has 3 N–H and O–H groups in total. The molecule has 1 atom stereocenters. The molecule has 0 saturated carbocycles. The van der Waals surface area contributed by atoms with Crippen molar-refractivity contribution in [2.75, 3.05) is 0 Å². The molecule has 3 nitrogen and oxygen atoms in total. The summed E-state index contributed by atoms with van der Waals surface area (Å²) < 4.78 is 1.07. The first kappa shape index (κ1) is 13.0. The van der Waals surface area contributed by atoms with Gasteiger partial charge in [0.05, 0.1) is 6.04 Å². The topological polar surface area (TPSA) is 50.4 Å². The maximum Gasteiger partial charge on any atom is 0.189 e. The van der Waals surface area contributed by atoms with Crippen molar-refractivity contribution in [1.82, 2.24) is 5.32 Å². The quantitative estimate of drug-likeness (QED) is 0.662. The number of nitrogens with one attached hydrogen (secondary N) is 1. The van der Waals surface area contributed by atoms with E-state index in [1.807, 2.05) is 45.0 Å². The minimum Gasteiger partial charge on any atom is -0.370 e. The summed E-state index contributed by atoms with van der Waals surface area (Å²) in [5.41, 5.74) is 6.92. The lowest BCUT2D eigenvalue weighted by atomic mass is 10.1. The smallest absolute Gasteiger partial charge is 0.189 e. The molecule has 0 spiro atoms. The molecule has 0 fully saturated rings. The van der Waals surface area contributed by atoms with E-state index in [0.29, 0.717) is 12.0 Å². The zero-order chi connectivity index (χ0) is 12.1. The fourth-order valence-corrected chi connectivity index (χ4v) is 1.62. The van der Waals surface area contributed by atoms with Crippen LogP contribution in [0.25, 0.3) is 0 Å². The molecule has 0 radical (unpaired) electrons. The van der Waals surface area contributed by atoms with Crippen molar-refractivity contribution in [3.05, 3.63) is 34.3 Å². The monoisotopic (exact) mass is 283 g/mol. The molecular formula is C12H18BrN3. The van der Waals surface area contributed by atoms with Crippen LogP contribution >= 0.6 is 15.9 Å². The lowest BCUT2D eigenvalue weighted by Gasteiger charge is -2.12. The summed E-state index contributed by atoms with van der Waals surface area (Å²) in [6.07, 6.45) is 0. The molecule has 0 aromatic heterocycles. The van der Waals surface area contributed by atoms with E-state index in [1.54, 1.807) is 0 Å². The van der Waals surface area contributed by atoms with Gasteiger partial charge in [0.25, 0.3) is 0 Å². The van der Waals surface area contributed by atoms with Crippen LogP contribution in [-0.2, 0) is 0 Å². The maximum atomic E-state index is 5.77. The lowest BCUT2D eigenvalue weighted by molar-refractivity contribution is 0.710. The third-order valence-corrected chi connectivity index (χ3v) is 2.65. The fraction of sp³-hybridized carbons (Fsp3) is 0.417. The third kappa shape index (κ3) is 4.23. The number of halogens is 1. The van der Waals surface area contributed by atoms with E-state index >= 15 is 0 Å². The second-order valence-electron chi connectivity index (χ2n) is 4.04. The summed E-state index contributed by atoms with van der Waals surface area (Å²) in [6.45, 7) is 6.09. The summed E-state index contributed by atoms with van der Waals surface area (Å²) in [4.78, 5) is 4.39. The van der Waals surface area contributed by atoms with Crippen molar-refractivity contribution in [2.24, 2.45) is 10.7 Å². The average Bonchev–Trinajstić information content (AvgIpc) is 2.16. The number of hydrogen-bond acceptors (Lipinski definition) is 1. The molecular weight excluding hydrogens is 266 g/mol. The highest BCUT2D eigenvalue weighted by atomic mass is 79.9. The molecule has 1 unspecified atom stereocenters. The molecule has 4 heteroatoms. The largest absolute Gasteiger partial charge is 0.370 e. The van der Waals surface area contributed by atoms with E-state index in [2.05, 4.69) is 26.2 Å². The van der Waals surface area contributed by atoms with E-state index < -0.39 is 0 Å². The third-order valence-electron chi connectivity index (χ3n) is 2.12. The Morgan fingerprint density at radius 3 is 2.31 bits per heavy atom. The van der Waals surface area contributed by atoms with Gasteiger partial charge in [-0.05, 0) is 38.5 Å². The van der Waals surface area contributed by atoms with E-state index in [-0.39, 0.29) is 6.04 Å². The Morgan fingerprint density at radius 1 is 1.25 bits per heavy atom. The van der Waals surface area contributed by atoms with Crippen LogP contribution in [-0.4, -0.2) is 12.0 Å². The fourth-order valence-electron chi connectivity index (χ4n) is 1.36. The molecule has 0 bridgehead atoms. The van der Waals surface area contributed by atoms with Crippen LogP contribution in [0.5, 0.6) is 0 Å². The summed E-state index contributed by atoms with van der Waals surface area (Å²) in [6, 6.07) is 8.48. The second-order valence-corrected chi connectivity index (χ2v) is 4.96. The van der Waals surface area contributed by atoms with Gasteiger partial charge in [0.1, 0.15) is 0 Å². The Morgan fingerprint density at radius 2 is 1.81 bits per heavy atom. The van der Waals surface area contributed by atoms with Crippen molar-refractivity contribution < 1.29 is 0 Å². The number of aliphatic imine (C=N–C) groups is 1.